The van der Waals surface area contributed by atoms with Crippen molar-refractivity contribution in [3.63, 3.8) is 0 Å². The largest absolute Gasteiger partial charge is 0.489 e. The highest BCUT2D eigenvalue weighted by atomic mass is 35.5. The van der Waals surface area contributed by atoms with Crippen LogP contribution in [0.5, 0.6) is 5.75 Å². The van der Waals surface area contributed by atoms with Crippen molar-refractivity contribution in [1.29, 1.82) is 0 Å². The number of nitrogens with one attached hydrogen (secondary N) is 1. The lowest BCUT2D eigenvalue weighted by atomic mass is 10.1. The molecule has 4 atom stereocenters. The fourth-order valence-electron chi connectivity index (χ4n) is 4.20. The Kier molecular flexibility index (Phi) is 7.56. The van der Waals surface area contributed by atoms with Crippen molar-refractivity contribution in [2.24, 2.45) is 11.5 Å². The monoisotopic (exact) mass is 553 g/mol. The summed E-state index contributed by atoms with van der Waals surface area (Å²) in [7, 11) is 0. The number of hydrogen-bond donors (Lipinski definition) is 4. The topological polar surface area (TPSA) is 190 Å². The zero-order valence-corrected chi connectivity index (χ0v) is 21.1. The van der Waals surface area contributed by atoms with Gasteiger partial charge in [0.05, 0.1) is 12.4 Å². The standard InChI is InChI=1S/C25H24ClN7O6/c26-15-6-7-16(37-10-13-4-2-1-3-5-13)14(8-15)9-29-21-18-22(31-11-30-21)33(12-32-18)23-19(34)17(27)20(38-23)24(35)39-25(28)36/h1-8,11-12,17,19-20,23,34H,9-10,27H2,(H2,28,36)(H,29,30,31). The van der Waals surface area contributed by atoms with Gasteiger partial charge in [0.25, 0.3) is 0 Å². The number of fused-ring (bicyclic) bond motifs is 1. The SMILES string of the molecule is NC(=O)OC(=O)C1OC(n2cnc3c(NCc4cc(Cl)ccc4OCc4ccccc4)ncnc32)C(O)C1N. The van der Waals surface area contributed by atoms with E-state index in [4.69, 9.17) is 32.5 Å². The second-order valence-corrected chi connectivity index (χ2v) is 9.12. The van der Waals surface area contributed by atoms with Gasteiger partial charge >= 0.3 is 12.1 Å². The Bertz CT molecular complexity index is 1500. The van der Waals surface area contributed by atoms with E-state index in [9.17, 15) is 14.7 Å². The van der Waals surface area contributed by atoms with Crippen LogP contribution in [0, 0.1) is 0 Å². The number of primary amides is 1. The summed E-state index contributed by atoms with van der Waals surface area (Å²) in [6.45, 7) is 0.690. The Morgan fingerprint density at radius 3 is 2.72 bits per heavy atom. The molecule has 1 aliphatic heterocycles. The van der Waals surface area contributed by atoms with Gasteiger partial charge in [0.1, 0.15) is 24.8 Å². The van der Waals surface area contributed by atoms with Crippen LogP contribution in [0.4, 0.5) is 10.6 Å². The minimum absolute atomic E-state index is 0.304. The number of aromatic nitrogens is 4. The van der Waals surface area contributed by atoms with Crippen LogP contribution in [-0.4, -0.2) is 54.9 Å². The van der Waals surface area contributed by atoms with E-state index in [1.165, 1.54) is 17.2 Å². The van der Waals surface area contributed by atoms with Gasteiger partial charge in [-0.25, -0.2) is 24.5 Å². The van der Waals surface area contributed by atoms with Crippen molar-refractivity contribution >= 4 is 40.6 Å². The lowest BCUT2D eigenvalue weighted by Crippen LogP contribution is -2.44. The van der Waals surface area contributed by atoms with Crippen LogP contribution >= 0.6 is 11.6 Å². The summed E-state index contributed by atoms with van der Waals surface area (Å²) in [5.74, 6) is -0.0593. The number of halogens is 1. The molecule has 0 radical (unpaired) electrons. The minimum Gasteiger partial charge on any atom is -0.489 e. The number of aliphatic hydroxyl groups is 1. The Morgan fingerprint density at radius 2 is 1.95 bits per heavy atom. The van der Waals surface area contributed by atoms with E-state index < -0.39 is 36.5 Å². The zero-order chi connectivity index (χ0) is 27.5. The van der Waals surface area contributed by atoms with Crippen molar-refractivity contribution in [2.75, 3.05) is 5.32 Å². The molecule has 6 N–H and O–H groups in total. The Balaban J connectivity index is 1.34. The second-order valence-electron chi connectivity index (χ2n) is 8.68. The molecule has 2 aromatic carbocycles. The predicted octanol–water partition coefficient (Wildman–Crippen LogP) is 1.88. The average molecular weight is 554 g/mol. The average Bonchev–Trinajstić information content (AvgIpc) is 3.48. The van der Waals surface area contributed by atoms with Gasteiger partial charge < -0.3 is 36.1 Å². The third-order valence-electron chi connectivity index (χ3n) is 6.09. The third kappa shape index (κ3) is 5.61. The van der Waals surface area contributed by atoms with Gasteiger partial charge in [-0.2, -0.15) is 0 Å². The molecule has 4 unspecified atom stereocenters. The number of esters is 1. The van der Waals surface area contributed by atoms with E-state index >= 15 is 0 Å². The van der Waals surface area contributed by atoms with Crippen molar-refractivity contribution < 1.29 is 28.9 Å². The normalized spacial score (nSPS) is 20.6. The maximum Gasteiger partial charge on any atom is 0.412 e. The van der Waals surface area contributed by atoms with Crippen LogP contribution in [0.15, 0.2) is 61.2 Å². The van der Waals surface area contributed by atoms with Gasteiger partial charge in [0.15, 0.2) is 29.3 Å². The third-order valence-corrected chi connectivity index (χ3v) is 6.33. The summed E-state index contributed by atoms with van der Waals surface area (Å²) >= 11 is 6.24. The number of anilines is 1. The van der Waals surface area contributed by atoms with E-state index in [1.807, 2.05) is 30.3 Å². The molecule has 2 aromatic heterocycles. The lowest BCUT2D eigenvalue weighted by molar-refractivity contribution is -0.152. The number of imidazole rings is 1. The number of carbonyl (C=O) groups is 2. The van der Waals surface area contributed by atoms with Crippen LogP contribution < -0.4 is 21.5 Å². The number of rotatable bonds is 8. The van der Waals surface area contributed by atoms with Crippen LogP contribution in [0.2, 0.25) is 5.02 Å². The summed E-state index contributed by atoms with van der Waals surface area (Å²) in [5, 5.41) is 14.4. The Labute approximate surface area is 226 Å². The molecule has 14 heteroatoms. The van der Waals surface area contributed by atoms with Gasteiger partial charge in [-0.1, -0.05) is 41.9 Å². The number of carbonyl (C=O) groups excluding carboxylic acids is 2. The smallest absolute Gasteiger partial charge is 0.412 e. The molecule has 202 valence electrons. The number of ether oxygens (including phenoxy) is 3. The molecule has 0 bridgehead atoms. The molecule has 0 saturated carbocycles. The van der Waals surface area contributed by atoms with Crippen LogP contribution in [-0.2, 0) is 27.4 Å². The molecule has 3 heterocycles. The molecule has 1 saturated heterocycles. The maximum absolute atomic E-state index is 12.1. The molecule has 5 rings (SSSR count). The predicted molar refractivity (Wildman–Crippen MR) is 138 cm³/mol. The molecular weight excluding hydrogens is 530 g/mol. The maximum atomic E-state index is 12.1. The number of nitrogens with zero attached hydrogens (tertiary/aromatic N) is 4. The van der Waals surface area contributed by atoms with E-state index in [2.05, 4.69) is 25.0 Å². The highest BCUT2D eigenvalue weighted by molar-refractivity contribution is 6.30. The van der Waals surface area contributed by atoms with Gasteiger partial charge in [-0.05, 0) is 23.8 Å². The van der Waals surface area contributed by atoms with Crippen LogP contribution in [0.3, 0.4) is 0 Å². The quantitative estimate of drug-likeness (QED) is 0.184. The highest BCUT2D eigenvalue weighted by Crippen LogP contribution is 2.32. The number of aliphatic hydroxyl groups excluding tert-OH is 1. The molecule has 0 spiro atoms. The zero-order valence-electron chi connectivity index (χ0n) is 20.3. The molecule has 1 aliphatic rings. The van der Waals surface area contributed by atoms with Crippen molar-refractivity contribution in [3.8, 4) is 5.75 Å². The number of nitrogens with two attached hydrogens (primary N) is 2. The first kappa shape index (κ1) is 26.3. The van der Waals surface area contributed by atoms with Crippen molar-refractivity contribution in [1.82, 2.24) is 19.5 Å². The molecule has 1 fully saturated rings. The Hall–Kier alpha value is -4.30. The van der Waals surface area contributed by atoms with Crippen molar-refractivity contribution in [2.45, 2.75) is 37.6 Å². The summed E-state index contributed by atoms with van der Waals surface area (Å²) in [5.41, 5.74) is 13.3. The first-order valence-electron chi connectivity index (χ1n) is 11.8. The lowest BCUT2D eigenvalue weighted by Gasteiger charge is -2.17. The van der Waals surface area contributed by atoms with Crippen molar-refractivity contribution in [3.05, 3.63) is 77.3 Å². The number of hydrogen-bond acceptors (Lipinski definition) is 11. The summed E-state index contributed by atoms with van der Waals surface area (Å²) in [6, 6.07) is 13.9. The summed E-state index contributed by atoms with van der Waals surface area (Å²) in [4.78, 5) is 36.0. The van der Waals surface area contributed by atoms with Gasteiger partial charge in [-0.3, -0.25) is 4.57 Å². The van der Waals surface area contributed by atoms with Gasteiger partial charge in [-0.15, -0.1) is 0 Å². The van der Waals surface area contributed by atoms with Gasteiger partial charge in [0, 0.05) is 17.1 Å². The number of benzene rings is 2. The molecule has 4 aromatic rings. The summed E-state index contributed by atoms with van der Waals surface area (Å²) < 4.78 is 17.4. The second kappa shape index (κ2) is 11.2. The molecule has 39 heavy (non-hydrogen) atoms. The van der Waals surface area contributed by atoms with E-state index in [-0.39, 0.29) is 0 Å². The first-order valence-corrected chi connectivity index (χ1v) is 12.2. The first-order chi connectivity index (χ1) is 18.8. The highest BCUT2D eigenvalue weighted by Gasteiger charge is 2.48. The van der Waals surface area contributed by atoms with E-state index in [0.29, 0.717) is 40.9 Å². The fourth-order valence-corrected chi connectivity index (χ4v) is 4.39. The molecule has 13 nitrogen and oxygen atoms in total. The van der Waals surface area contributed by atoms with Crippen LogP contribution in [0.1, 0.15) is 17.4 Å². The molecule has 1 amide bonds. The minimum atomic E-state index is -1.42. The molecule has 0 aliphatic carbocycles. The number of amides is 1. The van der Waals surface area contributed by atoms with Gasteiger partial charge in [0.2, 0.25) is 0 Å². The van der Waals surface area contributed by atoms with E-state index in [1.54, 1.807) is 18.2 Å². The Morgan fingerprint density at radius 1 is 1.15 bits per heavy atom. The fraction of sp³-hybridized carbons (Fsp3) is 0.240. The van der Waals surface area contributed by atoms with Crippen LogP contribution in [0.25, 0.3) is 11.2 Å². The summed E-state index contributed by atoms with van der Waals surface area (Å²) in [6.07, 6.45) is -2.52. The van der Waals surface area contributed by atoms with E-state index in [0.717, 1.165) is 11.1 Å². The molecular formula is C25H24ClN7O6.